The molecule has 0 amide bonds. The van der Waals surface area contributed by atoms with Crippen molar-refractivity contribution in [3.8, 4) is 23.0 Å². The van der Waals surface area contributed by atoms with Crippen LogP contribution in [0.15, 0.2) is 146 Å². The normalized spacial score (nSPS) is 12.8. The first-order chi connectivity index (χ1) is 28.9. The molecule has 0 aliphatic heterocycles. The Morgan fingerprint density at radius 2 is 0.603 bits per heavy atom. The molecule has 334 valence electrons. The van der Waals surface area contributed by atoms with Crippen molar-refractivity contribution in [2.75, 3.05) is 0 Å². The molecular formula is C56H60NiO2S4-4. The third kappa shape index (κ3) is 13.9. The van der Waals surface area contributed by atoms with Crippen molar-refractivity contribution >= 4 is 70.1 Å². The fourth-order valence-corrected chi connectivity index (χ4v) is 7.56. The Kier molecular flexibility index (Phi) is 17.3. The second kappa shape index (κ2) is 21.2. The van der Waals surface area contributed by atoms with Crippen LogP contribution in [0.1, 0.15) is 128 Å². The first-order valence-corrected chi connectivity index (χ1v) is 22.7. The Hall–Kier alpha value is -4.23. The molecule has 63 heavy (non-hydrogen) atoms. The zero-order valence-corrected chi connectivity index (χ0v) is 42.9. The molecule has 0 aliphatic rings. The molecule has 6 rings (SSSR count). The molecule has 0 N–H and O–H groups in total. The zero-order valence-electron chi connectivity index (χ0n) is 38.6. The van der Waals surface area contributed by atoms with Gasteiger partial charge in [-0.1, -0.05) is 180 Å². The average molecular weight is 952 g/mol. The Morgan fingerprint density at radius 1 is 0.333 bits per heavy atom. The molecular weight excluding hydrogens is 892 g/mol. The van der Waals surface area contributed by atoms with Crippen LogP contribution in [0.4, 0.5) is 0 Å². The Bertz CT molecular complexity index is 2320. The molecule has 0 fully saturated rings. The maximum absolute atomic E-state index is 6.30. The van der Waals surface area contributed by atoms with Crippen molar-refractivity contribution in [3.05, 3.63) is 190 Å². The summed E-state index contributed by atoms with van der Waals surface area (Å²) in [5.41, 5.74) is 8.71. The van der Waals surface area contributed by atoms with Crippen LogP contribution in [0.5, 0.6) is 23.0 Å². The van der Waals surface area contributed by atoms with Gasteiger partial charge in [-0.25, -0.2) is 0 Å². The molecule has 0 bridgehead atoms. The summed E-state index contributed by atoms with van der Waals surface area (Å²) in [5.74, 6) is 3.01. The van der Waals surface area contributed by atoms with Gasteiger partial charge in [0.25, 0.3) is 0 Å². The van der Waals surface area contributed by atoms with Gasteiger partial charge in [0.15, 0.2) is 0 Å². The molecule has 2 nitrogen and oxygen atoms in total. The van der Waals surface area contributed by atoms with Gasteiger partial charge in [0.05, 0.1) is 0 Å². The van der Waals surface area contributed by atoms with Gasteiger partial charge < -0.3 is 60.0 Å². The molecule has 0 aliphatic carbocycles. The van der Waals surface area contributed by atoms with E-state index in [1.54, 1.807) is 0 Å². The quantitative estimate of drug-likeness (QED) is 0.0854. The van der Waals surface area contributed by atoms with Crippen molar-refractivity contribution in [2.45, 2.75) is 105 Å². The van der Waals surface area contributed by atoms with Crippen LogP contribution in [-0.2, 0) is 88.7 Å². The van der Waals surface area contributed by atoms with E-state index in [4.69, 9.17) is 60.0 Å². The van der Waals surface area contributed by atoms with Crippen molar-refractivity contribution in [1.82, 2.24) is 0 Å². The largest absolute Gasteiger partial charge is 0.780 e. The van der Waals surface area contributed by atoms with Crippen LogP contribution in [-0.4, -0.2) is 0 Å². The van der Waals surface area contributed by atoms with Gasteiger partial charge in [0.1, 0.15) is 23.0 Å². The van der Waals surface area contributed by atoms with Crippen LogP contribution >= 0.6 is 0 Å². The van der Waals surface area contributed by atoms with E-state index in [0.29, 0.717) is 19.6 Å². The number of rotatable bonds is 8. The molecule has 7 heteroatoms. The van der Waals surface area contributed by atoms with E-state index in [1.165, 1.54) is 22.3 Å². The SMILES string of the molecule is CC(C)(C)c1ccc(Oc2ccc(C(C)(C)C)cc2/C([S-])=C(/[S-])c2ccccc2)cc1.CC(C)(C)c1ccc(Oc2ccc(C(C)(C)C)cc2/C([S-])=C(/[S-])c2ccccc2)cc1.[Ni]. The molecule has 0 radical (unpaired) electrons. The van der Waals surface area contributed by atoms with Crippen LogP contribution in [0.25, 0.3) is 19.6 Å². The van der Waals surface area contributed by atoms with Crippen molar-refractivity contribution in [1.29, 1.82) is 0 Å². The fourth-order valence-electron chi connectivity index (χ4n) is 6.51. The summed E-state index contributed by atoms with van der Waals surface area (Å²) in [7, 11) is 0. The van der Waals surface area contributed by atoms with Crippen LogP contribution in [0, 0.1) is 0 Å². The molecule has 0 spiro atoms. The Morgan fingerprint density at radius 3 is 0.873 bits per heavy atom. The van der Waals surface area contributed by atoms with Crippen LogP contribution in [0.2, 0.25) is 0 Å². The van der Waals surface area contributed by atoms with Crippen molar-refractivity contribution < 1.29 is 26.0 Å². The summed E-state index contributed by atoms with van der Waals surface area (Å²) < 4.78 is 12.6. The van der Waals surface area contributed by atoms with Crippen LogP contribution < -0.4 is 9.47 Å². The first kappa shape index (κ1) is 51.4. The van der Waals surface area contributed by atoms with E-state index in [9.17, 15) is 0 Å². The summed E-state index contributed by atoms with van der Waals surface area (Å²) >= 11 is 23.2. The van der Waals surface area contributed by atoms with E-state index in [2.05, 4.69) is 132 Å². The number of benzene rings is 6. The third-order valence-electron chi connectivity index (χ3n) is 10.6. The monoisotopic (exact) mass is 950 g/mol. The minimum absolute atomic E-state index is 0. The standard InChI is InChI=1S/2C28H32OS2.Ni/c2*1-27(2,3)20-12-15-22(16-13-20)29-24-17-14-21(28(4,5)6)18-23(24)26(31)25(30)19-10-8-7-9-11-19;/h2*7-18,30-31H,1-6H3;/p-4/b2*26-25-;. The Labute approximate surface area is 411 Å². The van der Waals surface area contributed by atoms with Crippen molar-refractivity contribution in [3.63, 3.8) is 0 Å². The van der Waals surface area contributed by atoms with E-state index >= 15 is 0 Å². The van der Waals surface area contributed by atoms with Crippen LogP contribution in [0.3, 0.4) is 0 Å². The Balaban J connectivity index is 0.000000272. The predicted octanol–water partition coefficient (Wildman–Crippen LogP) is 16.0. The minimum atomic E-state index is -0.00832. The molecule has 0 aromatic heterocycles. The molecule has 6 aromatic carbocycles. The van der Waals surface area contributed by atoms with E-state index in [0.717, 1.165) is 45.3 Å². The fraction of sp³-hybridized carbons (Fsp3) is 0.286. The van der Waals surface area contributed by atoms with Gasteiger partial charge in [-0.3, -0.25) is 0 Å². The topological polar surface area (TPSA) is 18.5 Å². The van der Waals surface area contributed by atoms with E-state index in [1.807, 2.05) is 97.1 Å². The zero-order chi connectivity index (χ0) is 45.6. The molecule has 0 atom stereocenters. The summed E-state index contributed by atoms with van der Waals surface area (Å²) in [6.45, 7) is 26.4. The minimum Gasteiger partial charge on any atom is -0.780 e. The average Bonchev–Trinajstić information content (AvgIpc) is 3.22. The molecule has 0 heterocycles. The first-order valence-electron chi connectivity index (χ1n) is 21.1. The summed E-state index contributed by atoms with van der Waals surface area (Å²) in [6.07, 6.45) is 0. The number of hydrogen-bond donors (Lipinski definition) is 0. The predicted molar refractivity (Wildman–Crippen MR) is 277 cm³/mol. The second-order valence-corrected chi connectivity index (χ2v) is 21.4. The molecule has 0 saturated carbocycles. The maximum atomic E-state index is 6.30. The summed E-state index contributed by atoms with van der Waals surface area (Å²) in [5, 5.41) is 0. The van der Waals surface area contributed by atoms with E-state index in [-0.39, 0.29) is 38.2 Å². The van der Waals surface area contributed by atoms with Gasteiger partial charge in [-0.15, -0.1) is 0 Å². The third-order valence-corrected chi connectivity index (χ3v) is 12.5. The number of ether oxygens (including phenoxy) is 2. The molecule has 0 saturated heterocycles. The smallest absolute Gasteiger partial charge is 0.133 e. The van der Waals surface area contributed by atoms with Gasteiger partial charge in [-0.05, 0) is 115 Å². The van der Waals surface area contributed by atoms with E-state index < -0.39 is 0 Å². The molecule has 0 unspecified atom stereocenters. The summed E-state index contributed by atoms with van der Waals surface area (Å²) in [4.78, 5) is 2.59. The van der Waals surface area contributed by atoms with Gasteiger partial charge in [0.2, 0.25) is 0 Å². The van der Waals surface area contributed by atoms with Gasteiger partial charge in [0, 0.05) is 16.5 Å². The summed E-state index contributed by atoms with van der Waals surface area (Å²) in [6, 6.07) is 48.8. The maximum Gasteiger partial charge on any atom is 0.133 e. The number of hydrogen-bond acceptors (Lipinski definition) is 6. The van der Waals surface area contributed by atoms with Gasteiger partial charge in [-0.2, -0.15) is 19.6 Å². The second-order valence-electron chi connectivity index (χ2n) is 19.7. The molecule has 6 aromatic rings. The van der Waals surface area contributed by atoms with Gasteiger partial charge >= 0.3 is 0 Å². The van der Waals surface area contributed by atoms with Crippen molar-refractivity contribution in [2.24, 2.45) is 0 Å².